The van der Waals surface area contributed by atoms with Gasteiger partial charge in [-0.25, -0.2) is 8.42 Å². The first kappa shape index (κ1) is 19.2. The van der Waals surface area contributed by atoms with Crippen LogP contribution in [-0.2, 0) is 14.6 Å². The average Bonchev–Trinajstić information content (AvgIpc) is 3.09. The van der Waals surface area contributed by atoms with Gasteiger partial charge in [-0.15, -0.1) is 0 Å². The summed E-state index contributed by atoms with van der Waals surface area (Å²) in [6, 6.07) is 11.9. The van der Waals surface area contributed by atoms with Gasteiger partial charge in [-0.1, -0.05) is 12.1 Å². The van der Waals surface area contributed by atoms with Crippen molar-refractivity contribution in [1.29, 1.82) is 0 Å². The molecule has 0 spiro atoms. The molecule has 1 N–H and O–H groups in total. The van der Waals surface area contributed by atoms with Gasteiger partial charge in [0.2, 0.25) is 9.84 Å². The fourth-order valence-electron chi connectivity index (χ4n) is 3.82. The predicted octanol–water partition coefficient (Wildman–Crippen LogP) is 2.77. The van der Waals surface area contributed by atoms with E-state index in [0.29, 0.717) is 30.6 Å². The van der Waals surface area contributed by atoms with E-state index in [9.17, 15) is 8.42 Å². The Kier molecular flexibility index (Phi) is 5.57. The molecule has 4 rings (SSSR count). The number of fused-ring (bicyclic) bond motifs is 3. The number of hydrogen-bond donors (Lipinski definition) is 1. The lowest BCUT2D eigenvalue weighted by Crippen LogP contribution is -2.39. The summed E-state index contributed by atoms with van der Waals surface area (Å²) < 4.78 is 42.9. The summed E-state index contributed by atoms with van der Waals surface area (Å²) in [6.45, 7) is 2.83. The highest BCUT2D eigenvalue weighted by atomic mass is 32.2. The molecule has 7 heteroatoms. The topological polar surface area (TPSA) is 73.9 Å². The van der Waals surface area contributed by atoms with E-state index >= 15 is 0 Å². The minimum Gasteiger partial charge on any atom is -0.493 e. The third-order valence-corrected chi connectivity index (χ3v) is 7.03. The highest BCUT2D eigenvalue weighted by molar-refractivity contribution is 7.91. The van der Waals surface area contributed by atoms with Crippen molar-refractivity contribution in [3.63, 3.8) is 0 Å². The number of rotatable bonds is 7. The highest BCUT2D eigenvalue weighted by Gasteiger charge is 2.36. The van der Waals surface area contributed by atoms with Gasteiger partial charge in [0.05, 0.1) is 16.4 Å². The predicted molar refractivity (Wildman–Crippen MR) is 105 cm³/mol. The lowest BCUT2D eigenvalue weighted by atomic mass is 9.90. The van der Waals surface area contributed by atoms with E-state index in [1.807, 2.05) is 6.07 Å². The molecule has 0 amide bonds. The van der Waals surface area contributed by atoms with Crippen molar-refractivity contribution < 1.29 is 22.6 Å². The van der Waals surface area contributed by atoms with E-state index in [1.165, 1.54) is 0 Å². The Labute approximate surface area is 165 Å². The molecule has 2 aromatic carbocycles. The van der Waals surface area contributed by atoms with E-state index in [0.717, 1.165) is 31.5 Å². The van der Waals surface area contributed by atoms with Crippen LogP contribution in [0.1, 0.15) is 24.3 Å². The van der Waals surface area contributed by atoms with E-state index in [2.05, 4.69) is 5.32 Å². The quantitative estimate of drug-likeness (QED) is 0.717. The number of sulfone groups is 1. The second-order valence-electron chi connectivity index (χ2n) is 7.13. The SMILES string of the molecule is COCCCOc1cccc(S(=O)(=O)c2ccc3c(c2)OC2CNCCC32)c1. The number of methoxy groups -OCH3 is 1. The normalized spacial score (nSPS) is 20.9. The van der Waals surface area contributed by atoms with Gasteiger partial charge in [-0.05, 0) is 43.3 Å². The zero-order valence-electron chi connectivity index (χ0n) is 15.9. The maximum atomic E-state index is 13.1. The van der Waals surface area contributed by atoms with Crippen LogP contribution in [0.5, 0.6) is 11.5 Å². The Bertz CT molecular complexity index is 944. The lowest BCUT2D eigenvalue weighted by molar-refractivity contribution is 0.172. The van der Waals surface area contributed by atoms with Crippen LogP contribution in [0.4, 0.5) is 0 Å². The minimum atomic E-state index is -3.65. The van der Waals surface area contributed by atoms with Crippen molar-refractivity contribution in [3.05, 3.63) is 48.0 Å². The summed E-state index contributed by atoms with van der Waals surface area (Å²) in [5.41, 5.74) is 1.11. The van der Waals surface area contributed by atoms with Gasteiger partial charge in [0.1, 0.15) is 17.6 Å². The average molecular weight is 404 g/mol. The molecule has 2 aliphatic heterocycles. The molecule has 2 aromatic rings. The number of piperidine rings is 1. The Morgan fingerprint density at radius 3 is 2.86 bits per heavy atom. The number of ether oxygens (including phenoxy) is 3. The zero-order valence-corrected chi connectivity index (χ0v) is 16.7. The standard InChI is InChI=1S/C21H25NO5S/c1-25-10-3-11-26-15-4-2-5-16(12-15)28(23,24)17-6-7-18-19-8-9-22-14-21(19)27-20(18)13-17/h2,4-7,12-13,19,21-22H,3,8-11,14H2,1H3. The molecule has 2 aliphatic rings. The number of benzene rings is 2. The summed E-state index contributed by atoms with van der Waals surface area (Å²) in [5.74, 6) is 1.57. The van der Waals surface area contributed by atoms with Gasteiger partial charge in [0, 0.05) is 38.2 Å². The number of hydrogen-bond acceptors (Lipinski definition) is 6. The molecule has 0 radical (unpaired) electrons. The summed E-state index contributed by atoms with van der Waals surface area (Å²) in [5, 5.41) is 3.33. The van der Waals surface area contributed by atoms with E-state index in [-0.39, 0.29) is 15.9 Å². The zero-order chi connectivity index (χ0) is 19.6. The van der Waals surface area contributed by atoms with Gasteiger partial charge in [0.15, 0.2) is 0 Å². The van der Waals surface area contributed by atoms with Crippen LogP contribution in [0.25, 0.3) is 0 Å². The van der Waals surface area contributed by atoms with E-state index < -0.39 is 9.84 Å². The van der Waals surface area contributed by atoms with Crippen LogP contribution in [0.2, 0.25) is 0 Å². The Hall–Kier alpha value is -2.09. The van der Waals surface area contributed by atoms with Crippen molar-refractivity contribution in [2.75, 3.05) is 33.4 Å². The maximum absolute atomic E-state index is 13.1. The van der Waals surface area contributed by atoms with Crippen LogP contribution in [0, 0.1) is 0 Å². The molecular weight excluding hydrogens is 378 g/mol. The number of nitrogens with one attached hydrogen (secondary N) is 1. The van der Waals surface area contributed by atoms with Gasteiger partial charge in [0.25, 0.3) is 0 Å². The summed E-state index contributed by atoms with van der Waals surface area (Å²) in [7, 11) is -2.01. The van der Waals surface area contributed by atoms with Crippen LogP contribution in [0.3, 0.4) is 0 Å². The molecular formula is C21H25NO5S. The van der Waals surface area contributed by atoms with E-state index in [1.54, 1.807) is 43.5 Å². The first-order valence-electron chi connectivity index (χ1n) is 9.58. The molecule has 1 saturated heterocycles. The first-order chi connectivity index (χ1) is 13.6. The summed E-state index contributed by atoms with van der Waals surface area (Å²) in [6.07, 6.45) is 1.84. The maximum Gasteiger partial charge on any atom is 0.206 e. The molecule has 0 aliphatic carbocycles. The summed E-state index contributed by atoms with van der Waals surface area (Å²) in [4.78, 5) is 0.461. The van der Waals surface area contributed by atoms with Gasteiger partial charge >= 0.3 is 0 Å². The van der Waals surface area contributed by atoms with Crippen molar-refractivity contribution in [2.24, 2.45) is 0 Å². The Morgan fingerprint density at radius 1 is 1.14 bits per heavy atom. The second kappa shape index (κ2) is 8.11. The van der Waals surface area contributed by atoms with Crippen LogP contribution >= 0.6 is 0 Å². The van der Waals surface area contributed by atoms with Gasteiger partial charge in [-0.3, -0.25) is 0 Å². The van der Waals surface area contributed by atoms with Crippen LogP contribution in [0.15, 0.2) is 52.3 Å². The Balaban J connectivity index is 1.56. The molecule has 1 fully saturated rings. The van der Waals surface area contributed by atoms with Crippen molar-refractivity contribution in [2.45, 2.75) is 34.7 Å². The van der Waals surface area contributed by atoms with E-state index in [4.69, 9.17) is 14.2 Å². The molecule has 0 aromatic heterocycles. The third-order valence-electron chi connectivity index (χ3n) is 5.28. The summed E-state index contributed by atoms with van der Waals surface area (Å²) >= 11 is 0. The first-order valence-corrected chi connectivity index (χ1v) is 11.1. The molecule has 150 valence electrons. The highest BCUT2D eigenvalue weighted by Crippen LogP contribution is 2.42. The van der Waals surface area contributed by atoms with Crippen molar-refractivity contribution in [1.82, 2.24) is 5.32 Å². The third kappa shape index (κ3) is 3.74. The minimum absolute atomic E-state index is 0.0885. The molecule has 2 unspecified atom stereocenters. The van der Waals surface area contributed by atoms with Crippen molar-refractivity contribution >= 4 is 9.84 Å². The molecule has 0 saturated carbocycles. The molecule has 2 heterocycles. The molecule has 0 bridgehead atoms. The second-order valence-corrected chi connectivity index (χ2v) is 9.08. The van der Waals surface area contributed by atoms with Crippen LogP contribution in [-0.4, -0.2) is 47.9 Å². The fourth-order valence-corrected chi connectivity index (χ4v) is 5.13. The van der Waals surface area contributed by atoms with Gasteiger partial charge in [-0.2, -0.15) is 0 Å². The van der Waals surface area contributed by atoms with Crippen molar-refractivity contribution in [3.8, 4) is 11.5 Å². The monoisotopic (exact) mass is 403 g/mol. The fraction of sp³-hybridized carbons (Fsp3) is 0.429. The van der Waals surface area contributed by atoms with Gasteiger partial charge < -0.3 is 19.5 Å². The Morgan fingerprint density at radius 2 is 2.00 bits per heavy atom. The smallest absolute Gasteiger partial charge is 0.206 e. The molecule has 6 nitrogen and oxygen atoms in total. The largest absolute Gasteiger partial charge is 0.493 e. The van der Waals surface area contributed by atoms with Crippen LogP contribution < -0.4 is 14.8 Å². The lowest BCUT2D eigenvalue weighted by Gasteiger charge is -2.24. The molecule has 28 heavy (non-hydrogen) atoms. The molecule has 2 atom stereocenters.